The first-order valence-electron chi connectivity index (χ1n) is 8.72. The van der Waals surface area contributed by atoms with Crippen molar-refractivity contribution in [3.8, 4) is 5.69 Å². The number of carboxylic acids is 1. The summed E-state index contributed by atoms with van der Waals surface area (Å²) in [4.78, 5) is 24.2. The summed E-state index contributed by atoms with van der Waals surface area (Å²) in [5.74, 6) is -1.16. The minimum atomic E-state index is -1.11. The van der Waals surface area contributed by atoms with Gasteiger partial charge in [-0.3, -0.25) is 4.79 Å². The van der Waals surface area contributed by atoms with E-state index >= 15 is 0 Å². The van der Waals surface area contributed by atoms with E-state index in [4.69, 9.17) is 0 Å². The van der Waals surface area contributed by atoms with Gasteiger partial charge in [0.15, 0.2) is 0 Å². The van der Waals surface area contributed by atoms with Crippen LogP contribution in [0.5, 0.6) is 0 Å². The Morgan fingerprint density at radius 2 is 1.80 bits per heavy atom. The molecule has 1 heterocycles. The summed E-state index contributed by atoms with van der Waals surface area (Å²) in [6.45, 7) is 0. The quantitative estimate of drug-likeness (QED) is 0.819. The number of nitrogens with one attached hydrogen (secondary N) is 1. The smallest absolute Gasteiger partial charge is 0.329 e. The number of hydrogen-bond donors (Lipinski definition) is 2. The molecule has 0 spiro atoms. The molecular formula is C19H23N3O3. The number of benzene rings is 1. The van der Waals surface area contributed by atoms with Crippen LogP contribution in [-0.2, 0) is 16.0 Å². The molecule has 2 aromatic rings. The fraction of sp³-hybridized carbons (Fsp3) is 0.421. The Kier molecular flexibility index (Phi) is 5.16. The summed E-state index contributed by atoms with van der Waals surface area (Å²) in [7, 11) is 0. The highest BCUT2D eigenvalue weighted by molar-refractivity contribution is 5.88. The number of amides is 1. The van der Waals surface area contributed by atoms with E-state index in [1.807, 2.05) is 36.5 Å². The van der Waals surface area contributed by atoms with E-state index in [0.29, 0.717) is 12.8 Å². The molecule has 1 amide bonds. The van der Waals surface area contributed by atoms with Crippen molar-refractivity contribution in [2.45, 2.75) is 50.5 Å². The second kappa shape index (κ2) is 7.51. The second-order valence-electron chi connectivity index (χ2n) is 6.64. The lowest BCUT2D eigenvalue weighted by Gasteiger charge is -2.29. The Bertz CT molecular complexity index is 715. The molecule has 2 N–H and O–H groups in total. The maximum Gasteiger partial charge on any atom is 0.329 e. The van der Waals surface area contributed by atoms with Gasteiger partial charge in [0.1, 0.15) is 5.54 Å². The average molecular weight is 341 g/mol. The zero-order valence-corrected chi connectivity index (χ0v) is 14.1. The van der Waals surface area contributed by atoms with Crippen LogP contribution in [0.1, 0.15) is 44.1 Å². The first kappa shape index (κ1) is 17.2. The third-order valence-electron chi connectivity index (χ3n) is 4.82. The van der Waals surface area contributed by atoms with E-state index in [1.54, 1.807) is 10.9 Å². The van der Waals surface area contributed by atoms with Crippen molar-refractivity contribution in [1.82, 2.24) is 15.1 Å². The van der Waals surface area contributed by atoms with Crippen LogP contribution in [0, 0.1) is 0 Å². The minimum Gasteiger partial charge on any atom is -0.480 e. The van der Waals surface area contributed by atoms with E-state index in [0.717, 1.165) is 36.9 Å². The fourth-order valence-corrected chi connectivity index (χ4v) is 3.41. The van der Waals surface area contributed by atoms with Crippen molar-refractivity contribution in [2.24, 2.45) is 0 Å². The lowest BCUT2D eigenvalue weighted by Crippen LogP contribution is -2.54. The summed E-state index contributed by atoms with van der Waals surface area (Å²) < 4.78 is 1.74. The molecule has 1 aliphatic carbocycles. The standard InChI is InChI=1S/C19H23N3O3/c23-17(21-19(18(24)25)10-3-1-2-4-11-19)14-15-6-8-16(9-7-15)22-13-5-12-20-22/h5-9,12-13H,1-4,10-11,14H2,(H,21,23)(H,24,25). The molecule has 0 radical (unpaired) electrons. The molecular weight excluding hydrogens is 318 g/mol. The minimum absolute atomic E-state index is 0.175. The van der Waals surface area contributed by atoms with Crippen molar-refractivity contribution in [3.63, 3.8) is 0 Å². The highest BCUT2D eigenvalue weighted by atomic mass is 16.4. The Morgan fingerprint density at radius 1 is 1.12 bits per heavy atom. The Hall–Kier alpha value is -2.63. The Balaban J connectivity index is 1.65. The van der Waals surface area contributed by atoms with Crippen LogP contribution in [0.25, 0.3) is 5.69 Å². The molecule has 1 saturated carbocycles. The molecule has 132 valence electrons. The summed E-state index contributed by atoms with van der Waals surface area (Å²) in [5, 5.41) is 16.6. The van der Waals surface area contributed by atoms with Gasteiger partial charge in [-0.1, -0.05) is 37.8 Å². The van der Waals surface area contributed by atoms with Gasteiger partial charge in [-0.25, -0.2) is 9.48 Å². The Labute approximate surface area is 146 Å². The first-order valence-corrected chi connectivity index (χ1v) is 8.72. The zero-order chi connectivity index (χ0) is 17.7. The summed E-state index contributed by atoms with van der Waals surface area (Å²) >= 11 is 0. The lowest BCUT2D eigenvalue weighted by atomic mass is 9.90. The molecule has 0 bridgehead atoms. The van der Waals surface area contributed by atoms with Crippen LogP contribution in [0.3, 0.4) is 0 Å². The highest BCUT2D eigenvalue weighted by Crippen LogP contribution is 2.27. The van der Waals surface area contributed by atoms with Gasteiger partial charge >= 0.3 is 5.97 Å². The van der Waals surface area contributed by atoms with Crippen LogP contribution in [0.15, 0.2) is 42.7 Å². The molecule has 1 fully saturated rings. The number of carbonyl (C=O) groups excluding carboxylic acids is 1. The molecule has 1 aromatic heterocycles. The summed E-state index contributed by atoms with van der Waals surface area (Å²) in [6.07, 6.45) is 8.48. The largest absolute Gasteiger partial charge is 0.480 e. The van der Waals surface area contributed by atoms with Crippen LogP contribution in [-0.4, -0.2) is 32.3 Å². The van der Waals surface area contributed by atoms with Crippen molar-refractivity contribution >= 4 is 11.9 Å². The normalized spacial score (nSPS) is 16.8. The third-order valence-corrected chi connectivity index (χ3v) is 4.82. The molecule has 1 aliphatic rings. The molecule has 0 unspecified atom stereocenters. The van der Waals surface area contributed by atoms with Crippen molar-refractivity contribution < 1.29 is 14.7 Å². The molecule has 1 aromatic carbocycles. The predicted molar refractivity (Wildman–Crippen MR) is 93.5 cm³/mol. The van der Waals surface area contributed by atoms with Gasteiger partial charge in [0.25, 0.3) is 0 Å². The monoisotopic (exact) mass is 341 g/mol. The highest BCUT2D eigenvalue weighted by Gasteiger charge is 2.39. The van der Waals surface area contributed by atoms with E-state index < -0.39 is 11.5 Å². The predicted octanol–water partition coefficient (Wildman–Crippen LogP) is 2.71. The van der Waals surface area contributed by atoms with Crippen molar-refractivity contribution in [3.05, 3.63) is 48.3 Å². The molecule has 6 heteroatoms. The Morgan fingerprint density at radius 3 is 2.36 bits per heavy atom. The van der Waals surface area contributed by atoms with Crippen molar-refractivity contribution in [2.75, 3.05) is 0 Å². The average Bonchev–Trinajstić information content (AvgIpc) is 3.02. The molecule has 0 saturated heterocycles. The van der Waals surface area contributed by atoms with Gasteiger partial charge in [-0.2, -0.15) is 5.10 Å². The van der Waals surface area contributed by atoms with E-state index in [9.17, 15) is 14.7 Å². The van der Waals surface area contributed by atoms with Gasteiger partial charge in [-0.05, 0) is 36.6 Å². The summed E-state index contributed by atoms with van der Waals surface area (Å²) in [5.41, 5.74) is 0.658. The van der Waals surface area contributed by atoms with Gasteiger partial charge in [0.2, 0.25) is 5.91 Å². The van der Waals surface area contributed by atoms with Gasteiger partial charge in [-0.15, -0.1) is 0 Å². The zero-order valence-electron chi connectivity index (χ0n) is 14.1. The fourth-order valence-electron chi connectivity index (χ4n) is 3.41. The van der Waals surface area contributed by atoms with Crippen LogP contribution in [0.4, 0.5) is 0 Å². The first-order chi connectivity index (χ1) is 12.1. The SMILES string of the molecule is O=C(Cc1ccc(-n2cccn2)cc1)NC1(C(=O)O)CCCCCC1. The van der Waals surface area contributed by atoms with E-state index in [1.165, 1.54) is 0 Å². The third kappa shape index (κ3) is 4.07. The van der Waals surface area contributed by atoms with Crippen molar-refractivity contribution in [1.29, 1.82) is 0 Å². The summed E-state index contributed by atoms with van der Waals surface area (Å²) in [6, 6.07) is 9.39. The van der Waals surface area contributed by atoms with Crippen LogP contribution >= 0.6 is 0 Å². The number of rotatable bonds is 5. The number of aromatic nitrogens is 2. The van der Waals surface area contributed by atoms with Gasteiger partial charge in [0, 0.05) is 12.4 Å². The second-order valence-corrected chi connectivity index (χ2v) is 6.64. The molecule has 0 atom stereocenters. The lowest BCUT2D eigenvalue weighted by molar-refractivity contribution is -0.148. The topological polar surface area (TPSA) is 84.2 Å². The number of nitrogens with zero attached hydrogens (tertiary/aromatic N) is 2. The number of carboxylic acid groups (broad SMARTS) is 1. The molecule has 0 aliphatic heterocycles. The van der Waals surface area contributed by atoms with E-state index in [2.05, 4.69) is 10.4 Å². The maximum absolute atomic E-state index is 12.4. The molecule has 6 nitrogen and oxygen atoms in total. The maximum atomic E-state index is 12.4. The molecule has 3 rings (SSSR count). The van der Waals surface area contributed by atoms with Crippen LogP contribution < -0.4 is 5.32 Å². The van der Waals surface area contributed by atoms with Crippen LogP contribution in [0.2, 0.25) is 0 Å². The molecule has 25 heavy (non-hydrogen) atoms. The van der Waals surface area contributed by atoms with E-state index in [-0.39, 0.29) is 12.3 Å². The van der Waals surface area contributed by atoms with Gasteiger partial charge < -0.3 is 10.4 Å². The number of carbonyl (C=O) groups is 2. The number of aliphatic carboxylic acids is 1. The number of hydrogen-bond acceptors (Lipinski definition) is 3. The van der Waals surface area contributed by atoms with Gasteiger partial charge in [0.05, 0.1) is 12.1 Å².